The van der Waals surface area contributed by atoms with E-state index in [4.69, 9.17) is 15.0 Å². The molecule has 0 spiro atoms. The first-order valence-corrected chi connectivity index (χ1v) is 21.3. The minimum Gasteiger partial charge on any atom is -0.208 e. The molecule has 2 aromatic heterocycles. The molecular weight excluding hydrogens is 759 g/mol. The highest BCUT2D eigenvalue weighted by Crippen LogP contribution is 2.44. The Labute approximate surface area is 359 Å². The first-order chi connectivity index (χ1) is 30.2. The summed E-state index contributed by atoms with van der Waals surface area (Å²) in [5.74, 6) is 1.91. The lowest BCUT2D eigenvalue weighted by atomic mass is 9.97. The van der Waals surface area contributed by atoms with Crippen LogP contribution in [0.2, 0.25) is 0 Å². The standard InChI is InChI=1S/C57H37N3S/c1-4-14-38(15-5-1)41-28-30-43(31-29-41)46-21-11-23-48(37-46)56-58-55(44-34-32-42(33-35-44)39-16-6-2-7-17-39)59-57(60-56)51-26-13-27-52-53(51)50-25-12-24-49(54(50)61-52)47-22-10-20-45(36-47)40-18-8-3-9-19-40/h1-37H. The van der Waals surface area contributed by atoms with Gasteiger partial charge in [0.2, 0.25) is 0 Å². The first kappa shape index (κ1) is 36.3. The summed E-state index contributed by atoms with van der Waals surface area (Å²) in [6, 6.07) is 79.3. The molecule has 0 bridgehead atoms. The summed E-state index contributed by atoms with van der Waals surface area (Å²) >= 11 is 1.82. The third-order valence-electron chi connectivity index (χ3n) is 11.4. The van der Waals surface area contributed by atoms with Gasteiger partial charge < -0.3 is 0 Å². The summed E-state index contributed by atoms with van der Waals surface area (Å²) < 4.78 is 2.43. The quantitative estimate of drug-likeness (QED) is 0.154. The second-order valence-corrected chi connectivity index (χ2v) is 16.2. The Morgan fingerprint density at radius 2 is 0.656 bits per heavy atom. The van der Waals surface area contributed by atoms with E-state index in [9.17, 15) is 0 Å². The molecule has 0 radical (unpaired) electrons. The van der Waals surface area contributed by atoms with E-state index in [2.05, 4.69) is 212 Å². The summed E-state index contributed by atoms with van der Waals surface area (Å²) in [6.07, 6.45) is 0. The van der Waals surface area contributed by atoms with E-state index in [0.29, 0.717) is 17.5 Å². The maximum atomic E-state index is 5.30. The highest BCUT2D eigenvalue weighted by Gasteiger charge is 2.19. The fourth-order valence-electron chi connectivity index (χ4n) is 8.28. The molecule has 3 nitrogen and oxygen atoms in total. The van der Waals surface area contributed by atoms with Crippen molar-refractivity contribution in [2.75, 3.05) is 0 Å². The Bertz CT molecular complexity index is 3320. The Kier molecular flexibility index (Phi) is 9.38. The van der Waals surface area contributed by atoms with Crippen molar-refractivity contribution in [1.82, 2.24) is 15.0 Å². The van der Waals surface area contributed by atoms with Gasteiger partial charge in [-0.25, -0.2) is 15.0 Å². The molecule has 11 rings (SSSR count). The van der Waals surface area contributed by atoms with Gasteiger partial charge in [0.05, 0.1) is 0 Å². The van der Waals surface area contributed by atoms with Crippen molar-refractivity contribution in [3.8, 4) is 89.8 Å². The van der Waals surface area contributed by atoms with Crippen molar-refractivity contribution in [2.24, 2.45) is 0 Å². The topological polar surface area (TPSA) is 38.7 Å². The van der Waals surface area contributed by atoms with Crippen molar-refractivity contribution >= 4 is 31.5 Å². The van der Waals surface area contributed by atoms with Gasteiger partial charge in [0.25, 0.3) is 0 Å². The van der Waals surface area contributed by atoms with E-state index in [-0.39, 0.29) is 0 Å². The van der Waals surface area contributed by atoms with E-state index < -0.39 is 0 Å². The Morgan fingerprint density at radius 1 is 0.262 bits per heavy atom. The van der Waals surface area contributed by atoms with Crippen LogP contribution in [0.25, 0.3) is 110 Å². The molecular formula is C57H37N3S. The largest absolute Gasteiger partial charge is 0.208 e. The molecule has 0 aliphatic carbocycles. The van der Waals surface area contributed by atoms with Gasteiger partial charge in [-0.1, -0.05) is 206 Å². The number of thiophene rings is 1. The number of rotatable bonds is 8. The van der Waals surface area contributed by atoms with Crippen LogP contribution >= 0.6 is 11.3 Å². The highest BCUT2D eigenvalue weighted by atomic mass is 32.1. The lowest BCUT2D eigenvalue weighted by Crippen LogP contribution is -2.00. The molecule has 286 valence electrons. The second-order valence-electron chi connectivity index (χ2n) is 15.2. The molecule has 0 atom stereocenters. The maximum Gasteiger partial charge on any atom is 0.164 e. The molecule has 0 saturated carbocycles. The molecule has 0 amide bonds. The zero-order valence-corrected chi connectivity index (χ0v) is 33.9. The molecule has 0 fully saturated rings. The van der Waals surface area contributed by atoms with E-state index in [1.165, 1.54) is 53.7 Å². The monoisotopic (exact) mass is 795 g/mol. The lowest BCUT2D eigenvalue weighted by molar-refractivity contribution is 1.08. The summed E-state index contributed by atoms with van der Waals surface area (Å²) in [5.41, 5.74) is 14.6. The van der Waals surface area contributed by atoms with E-state index in [1.54, 1.807) is 0 Å². The minimum atomic E-state index is 0.629. The molecule has 0 saturated heterocycles. The summed E-state index contributed by atoms with van der Waals surface area (Å²) in [6.45, 7) is 0. The number of benzene rings is 9. The van der Waals surface area contributed by atoms with Crippen LogP contribution in [0.4, 0.5) is 0 Å². The molecule has 0 aliphatic heterocycles. The average molecular weight is 796 g/mol. The maximum absolute atomic E-state index is 5.30. The lowest BCUT2D eigenvalue weighted by Gasteiger charge is -2.11. The molecule has 9 aromatic carbocycles. The van der Waals surface area contributed by atoms with Crippen molar-refractivity contribution in [3.05, 3.63) is 224 Å². The van der Waals surface area contributed by atoms with Gasteiger partial charge in [0.15, 0.2) is 17.5 Å². The van der Waals surface area contributed by atoms with Crippen molar-refractivity contribution in [2.45, 2.75) is 0 Å². The fourth-order valence-corrected chi connectivity index (χ4v) is 9.54. The van der Waals surface area contributed by atoms with Gasteiger partial charge in [-0.2, -0.15) is 0 Å². The van der Waals surface area contributed by atoms with Crippen LogP contribution in [0.1, 0.15) is 0 Å². The summed E-state index contributed by atoms with van der Waals surface area (Å²) in [7, 11) is 0. The Balaban J connectivity index is 1.04. The number of hydrogen-bond donors (Lipinski definition) is 0. The SMILES string of the molecule is c1ccc(-c2ccc(-c3cccc(-c4nc(-c5ccc(-c6ccccc6)cc5)nc(-c5cccc6sc7c(-c8cccc(-c9ccccc9)c8)cccc7c56)n4)c3)cc2)cc1. The minimum absolute atomic E-state index is 0.629. The number of aromatic nitrogens is 3. The first-order valence-electron chi connectivity index (χ1n) is 20.5. The number of hydrogen-bond acceptors (Lipinski definition) is 4. The van der Waals surface area contributed by atoms with E-state index in [0.717, 1.165) is 38.8 Å². The fraction of sp³-hybridized carbons (Fsp3) is 0. The summed E-state index contributed by atoms with van der Waals surface area (Å²) in [5, 5.41) is 2.34. The molecule has 2 heterocycles. The van der Waals surface area contributed by atoms with Gasteiger partial charge in [-0.15, -0.1) is 11.3 Å². The van der Waals surface area contributed by atoms with Crippen molar-refractivity contribution in [3.63, 3.8) is 0 Å². The number of nitrogens with zero attached hydrogens (tertiary/aromatic N) is 3. The van der Waals surface area contributed by atoms with Crippen molar-refractivity contribution < 1.29 is 0 Å². The van der Waals surface area contributed by atoms with Gasteiger partial charge in [0, 0.05) is 36.9 Å². The van der Waals surface area contributed by atoms with Crippen LogP contribution in [0.15, 0.2) is 224 Å². The summed E-state index contributed by atoms with van der Waals surface area (Å²) in [4.78, 5) is 15.8. The third-order valence-corrected chi connectivity index (χ3v) is 12.6. The normalized spacial score (nSPS) is 11.3. The molecule has 0 N–H and O–H groups in total. The molecule has 4 heteroatoms. The third kappa shape index (κ3) is 7.09. The number of fused-ring (bicyclic) bond motifs is 3. The molecule has 11 aromatic rings. The van der Waals surface area contributed by atoms with Crippen LogP contribution in [-0.2, 0) is 0 Å². The van der Waals surface area contributed by atoms with E-state index in [1.807, 2.05) is 23.5 Å². The van der Waals surface area contributed by atoms with Crippen LogP contribution in [0.5, 0.6) is 0 Å². The van der Waals surface area contributed by atoms with Crippen molar-refractivity contribution in [1.29, 1.82) is 0 Å². The molecule has 61 heavy (non-hydrogen) atoms. The molecule has 0 unspecified atom stereocenters. The smallest absolute Gasteiger partial charge is 0.164 e. The van der Waals surface area contributed by atoms with Crippen LogP contribution in [-0.4, -0.2) is 15.0 Å². The van der Waals surface area contributed by atoms with E-state index >= 15 is 0 Å². The molecule has 0 aliphatic rings. The highest BCUT2D eigenvalue weighted by molar-refractivity contribution is 7.26. The Morgan fingerprint density at radius 3 is 1.26 bits per heavy atom. The second kappa shape index (κ2) is 15.8. The van der Waals surface area contributed by atoms with Gasteiger partial charge in [-0.3, -0.25) is 0 Å². The predicted molar refractivity (Wildman–Crippen MR) is 256 cm³/mol. The predicted octanol–water partition coefficient (Wildman–Crippen LogP) is 15.6. The van der Waals surface area contributed by atoms with Crippen LogP contribution in [0, 0.1) is 0 Å². The van der Waals surface area contributed by atoms with Gasteiger partial charge in [-0.05, 0) is 73.8 Å². The average Bonchev–Trinajstić information content (AvgIpc) is 3.74. The van der Waals surface area contributed by atoms with Gasteiger partial charge >= 0.3 is 0 Å². The Hall–Kier alpha value is -7.79. The zero-order valence-electron chi connectivity index (χ0n) is 33.1. The van der Waals surface area contributed by atoms with Crippen LogP contribution in [0.3, 0.4) is 0 Å². The van der Waals surface area contributed by atoms with Gasteiger partial charge in [0.1, 0.15) is 0 Å². The zero-order chi connectivity index (χ0) is 40.5. The van der Waals surface area contributed by atoms with Crippen LogP contribution < -0.4 is 0 Å².